The molecule has 364 valence electrons. The van der Waals surface area contributed by atoms with Gasteiger partial charge in [-0.25, -0.2) is 9.59 Å². The fourth-order valence-corrected chi connectivity index (χ4v) is 14.7. The Bertz CT molecular complexity index is 1960. The quantitative estimate of drug-likeness (QED) is 0.0980. The molecule has 7 aliphatic rings. The Kier molecular flexibility index (Phi) is 12.9. The summed E-state index contributed by atoms with van der Waals surface area (Å²) in [6, 6.07) is 8.89. The number of carboxylic acids is 1. The Morgan fingerprint density at radius 1 is 0.738 bits per heavy atom. The summed E-state index contributed by atoms with van der Waals surface area (Å²) in [6.07, 6.45) is -11.8. The lowest BCUT2D eigenvalue weighted by Crippen LogP contribution is -2.68. The summed E-state index contributed by atoms with van der Waals surface area (Å²) in [6.45, 7) is 14.6. The van der Waals surface area contributed by atoms with Gasteiger partial charge in [-0.2, -0.15) is 0 Å². The van der Waals surface area contributed by atoms with Gasteiger partial charge >= 0.3 is 11.9 Å². The van der Waals surface area contributed by atoms with Crippen LogP contribution in [0.4, 0.5) is 0 Å². The number of rotatable bonds is 9. The van der Waals surface area contributed by atoms with Crippen LogP contribution in [0.3, 0.4) is 0 Å². The van der Waals surface area contributed by atoms with Crippen LogP contribution < -0.4 is 0 Å². The van der Waals surface area contributed by atoms with Gasteiger partial charge in [0.1, 0.15) is 48.8 Å². The molecule has 0 radical (unpaired) electrons. The largest absolute Gasteiger partial charge is 0.479 e. The molecule has 1 aromatic carbocycles. The Balaban J connectivity index is 1.03. The second-order valence-electron chi connectivity index (χ2n) is 22.6. The van der Waals surface area contributed by atoms with Crippen LogP contribution in [0.25, 0.3) is 0 Å². The highest BCUT2D eigenvalue weighted by molar-refractivity contribution is 5.89. The van der Waals surface area contributed by atoms with E-state index in [2.05, 4.69) is 54.5 Å². The SMILES string of the molecule is CC1(C)C[C@H]2C3=CC[C@@H]4[C@@]5(C)CC[C@H](O[C@@H]6O[C@H](C(=O)O)[C@@H](O)[C@H](O[C@@H]7O[C@H](CO)[C@@H](O)[C@H](O)[C@H]7O)[C@H]6O)C(C)(C)C5CC[C@@]4(C)[C@]3(C)C[C@H](O)[C@@]2(CO)C[C@@H]1OC(=O)c1ccccc1. The fourth-order valence-electron chi connectivity index (χ4n) is 14.7. The smallest absolute Gasteiger partial charge is 0.338 e. The summed E-state index contributed by atoms with van der Waals surface area (Å²) in [4.78, 5) is 25.8. The molecule has 0 spiro atoms. The standard InChI is InChI=1S/C49H72O16/c1-44(2)19-26-25-13-14-29-46(5)17-16-31(63-43-37(57)38(36(56)39(65-43)40(58)59)64-42-35(55)34(54)33(53)27(22-50)61-42)45(3,4)28(46)15-18-47(29,6)48(25,7)20-30(52)49(26,23-51)21-32(44)62-41(60)24-11-9-8-10-12-24/h8-13,26-39,42-43,50-57H,14-23H2,1-7H3,(H,58,59)/t26-,27+,28?,29+,30-,31-,32-,33+,34-,35+,36-,37+,38-,39-,42-,43+,46-,47+,48+,49+/m0/s1. The first kappa shape index (κ1) is 48.9. The fraction of sp³-hybridized carbons (Fsp3) is 0.796. The van der Waals surface area contributed by atoms with E-state index in [4.69, 9.17) is 23.7 Å². The van der Waals surface area contributed by atoms with Gasteiger partial charge in [-0.1, -0.05) is 78.3 Å². The molecular weight excluding hydrogens is 845 g/mol. The van der Waals surface area contributed by atoms with E-state index < -0.39 is 120 Å². The normalized spacial score (nSPS) is 48.9. The predicted octanol–water partition coefficient (Wildman–Crippen LogP) is 2.69. The third-order valence-corrected chi connectivity index (χ3v) is 18.7. The molecule has 8 rings (SSSR count). The van der Waals surface area contributed by atoms with Gasteiger partial charge in [0.05, 0.1) is 31.0 Å². The van der Waals surface area contributed by atoms with E-state index in [0.29, 0.717) is 31.2 Å². The first-order valence-corrected chi connectivity index (χ1v) is 23.5. The van der Waals surface area contributed by atoms with Crippen LogP contribution in [-0.2, 0) is 28.5 Å². The van der Waals surface area contributed by atoms with Gasteiger partial charge in [0, 0.05) is 10.8 Å². The Hall–Kier alpha value is -2.58. The summed E-state index contributed by atoms with van der Waals surface area (Å²) in [7, 11) is 0. The number of ether oxygens (including phenoxy) is 5. The molecule has 0 amide bonds. The van der Waals surface area contributed by atoms with E-state index in [-0.39, 0.29) is 35.2 Å². The van der Waals surface area contributed by atoms with E-state index >= 15 is 0 Å². The van der Waals surface area contributed by atoms with Crippen molar-refractivity contribution >= 4 is 11.9 Å². The Morgan fingerprint density at radius 3 is 2.06 bits per heavy atom. The molecule has 16 nitrogen and oxygen atoms in total. The maximum atomic E-state index is 13.4. The van der Waals surface area contributed by atoms with Gasteiger partial charge < -0.3 is 69.6 Å². The second-order valence-corrected chi connectivity index (χ2v) is 22.6. The number of benzene rings is 1. The number of carbonyl (C=O) groups is 2. The lowest BCUT2D eigenvalue weighted by atomic mass is 9.33. The highest BCUT2D eigenvalue weighted by Gasteiger charge is 2.71. The maximum absolute atomic E-state index is 13.4. The lowest BCUT2D eigenvalue weighted by Gasteiger charge is -2.72. The van der Waals surface area contributed by atoms with Crippen molar-refractivity contribution in [2.75, 3.05) is 13.2 Å². The molecule has 4 saturated carbocycles. The van der Waals surface area contributed by atoms with Gasteiger partial charge in [-0.15, -0.1) is 0 Å². The van der Waals surface area contributed by atoms with Crippen molar-refractivity contribution in [2.24, 2.45) is 50.2 Å². The molecule has 9 N–H and O–H groups in total. The maximum Gasteiger partial charge on any atom is 0.338 e. The van der Waals surface area contributed by atoms with Crippen LogP contribution in [-0.4, -0.2) is 151 Å². The number of carbonyl (C=O) groups excluding carboxylic acids is 1. The van der Waals surface area contributed by atoms with Crippen molar-refractivity contribution in [3.8, 4) is 0 Å². The number of esters is 1. The predicted molar refractivity (Wildman–Crippen MR) is 230 cm³/mol. The number of fused-ring (bicyclic) bond motifs is 7. The number of aliphatic carboxylic acids is 1. The Labute approximate surface area is 380 Å². The van der Waals surface area contributed by atoms with E-state index in [0.717, 1.165) is 25.7 Å². The average Bonchev–Trinajstić information content (AvgIpc) is 3.25. The summed E-state index contributed by atoms with van der Waals surface area (Å²) < 4.78 is 29.8. The minimum atomic E-state index is -1.96. The zero-order valence-electron chi connectivity index (χ0n) is 38.7. The van der Waals surface area contributed by atoms with Crippen LogP contribution in [0, 0.1) is 50.2 Å². The van der Waals surface area contributed by atoms with E-state index in [1.54, 1.807) is 24.3 Å². The van der Waals surface area contributed by atoms with Crippen LogP contribution >= 0.6 is 0 Å². The molecule has 0 bridgehead atoms. The average molecular weight is 917 g/mol. The summed E-state index contributed by atoms with van der Waals surface area (Å²) in [5.74, 6) is -1.79. The van der Waals surface area contributed by atoms with Gasteiger partial charge in [0.2, 0.25) is 0 Å². The summed E-state index contributed by atoms with van der Waals surface area (Å²) >= 11 is 0. The monoisotopic (exact) mass is 916 g/mol. The van der Waals surface area contributed by atoms with Crippen molar-refractivity contribution < 1.29 is 79.2 Å². The highest BCUT2D eigenvalue weighted by atomic mass is 16.7. The van der Waals surface area contributed by atoms with Gasteiger partial charge in [-0.3, -0.25) is 0 Å². The molecule has 16 heteroatoms. The Morgan fingerprint density at radius 2 is 1.42 bits per heavy atom. The molecule has 2 saturated heterocycles. The molecule has 1 aromatic rings. The van der Waals surface area contributed by atoms with E-state index in [1.807, 2.05) is 6.07 Å². The molecule has 2 aliphatic heterocycles. The minimum absolute atomic E-state index is 0.104. The first-order valence-electron chi connectivity index (χ1n) is 23.5. The summed E-state index contributed by atoms with van der Waals surface area (Å²) in [5.41, 5.74) is -0.973. The van der Waals surface area contributed by atoms with E-state index in [1.165, 1.54) is 5.57 Å². The molecule has 6 fully saturated rings. The zero-order valence-corrected chi connectivity index (χ0v) is 38.7. The van der Waals surface area contributed by atoms with Gasteiger partial charge in [0.15, 0.2) is 18.7 Å². The van der Waals surface area contributed by atoms with Crippen LogP contribution in [0.2, 0.25) is 0 Å². The third kappa shape index (κ3) is 7.56. The van der Waals surface area contributed by atoms with Gasteiger partial charge in [-0.05, 0) is 103 Å². The number of carboxylic acid groups (broad SMARTS) is 1. The van der Waals surface area contributed by atoms with Crippen molar-refractivity contribution in [2.45, 2.75) is 180 Å². The van der Waals surface area contributed by atoms with Gasteiger partial charge in [0.25, 0.3) is 0 Å². The number of aliphatic hydroxyl groups is 8. The number of aliphatic hydroxyl groups excluding tert-OH is 8. The number of hydrogen-bond acceptors (Lipinski definition) is 15. The van der Waals surface area contributed by atoms with Crippen molar-refractivity contribution in [3.05, 3.63) is 47.5 Å². The molecule has 1 unspecified atom stereocenters. The van der Waals surface area contributed by atoms with E-state index in [9.17, 15) is 55.5 Å². The summed E-state index contributed by atoms with van der Waals surface area (Å²) in [5, 5.41) is 97.5. The van der Waals surface area contributed by atoms with Crippen molar-refractivity contribution in [3.63, 3.8) is 0 Å². The molecule has 0 aromatic heterocycles. The molecule has 20 atom stereocenters. The highest BCUT2D eigenvalue weighted by Crippen LogP contribution is 2.76. The number of allylic oxidation sites excluding steroid dienone is 2. The van der Waals surface area contributed by atoms with Crippen LogP contribution in [0.15, 0.2) is 42.0 Å². The van der Waals surface area contributed by atoms with Crippen LogP contribution in [0.5, 0.6) is 0 Å². The van der Waals surface area contributed by atoms with Crippen molar-refractivity contribution in [1.82, 2.24) is 0 Å². The minimum Gasteiger partial charge on any atom is -0.479 e. The zero-order chi connectivity index (χ0) is 47.4. The first-order chi connectivity index (χ1) is 30.4. The second kappa shape index (κ2) is 17.1. The molecule has 65 heavy (non-hydrogen) atoms. The number of hydrogen-bond donors (Lipinski definition) is 9. The third-order valence-electron chi connectivity index (χ3n) is 18.7. The molecular formula is C49H72O16. The molecule has 2 heterocycles. The topological polar surface area (TPSA) is 262 Å². The van der Waals surface area contributed by atoms with Crippen molar-refractivity contribution in [1.29, 1.82) is 0 Å². The lowest BCUT2D eigenvalue weighted by molar-refractivity contribution is -0.365. The van der Waals surface area contributed by atoms with Crippen LogP contribution in [0.1, 0.15) is 110 Å². The molecule has 5 aliphatic carbocycles.